The molecule has 1 aromatic rings. The minimum atomic E-state index is -3.85. The lowest BCUT2D eigenvalue weighted by atomic mass is 10.1. The Balaban J connectivity index is 0.00000148. The number of phosphoric acid groups is 1. The first-order valence-electron chi connectivity index (χ1n) is 14.9. The predicted octanol–water partition coefficient (Wildman–Crippen LogP) is 10.4. The zero-order valence-corrected chi connectivity index (χ0v) is 24.4. The molecular weight excluding hydrogens is 471 g/mol. The number of para-hydroxylation sites is 1. The molecule has 0 saturated heterocycles. The molecule has 0 radical (unpaired) electrons. The third-order valence-corrected chi connectivity index (χ3v) is 7.28. The number of rotatable bonds is 24. The summed E-state index contributed by atoms with van der Waals surface area (Å²) in [7, 11) is -3.85. The van der Waals surface area contributed by atoms with Crippen molar-refractivity contribution in [1.82, 2.24) is 0 Å². The summed E-state index contributed by atoms with van der Waals surface area (Å²) in [5.74, 6) is 0.322. The molecule has 1 rings (SSSR count). The van der Waals surface area contributed by atoms with Gasteiger partial charge in [0, 0.05) is 0 Å². The summed E-state index contributed by atoms with van der Waals surface area (Å²) in [6.45, 7) is 5.14. The van der Waals surface area contributed by atoms with Gasteiger partial charge in [-0.15, -0.1) is 0 Å². The lowest BCUT2D eigenvalue weighted by Gasteiger charge is -2.12. The maximum absolute atomic E-state index is 11.8. The summed E-state index contributed by atoms with van der Waals surface area (Å²) in [5.41, 5.74) is 0. The molecule has 0 fully saturated rings. The third-order valence-electron chi connectivity index (χ3n) is 6.26. The first kappa shape index (κ1) is 35.1. The second-order valence-corrected chi connectivity index (χ2v) is 11.3. The monoisotopic (exact) mass is 528 g/mol. The number of hydrogen-bond acceptors (Lipinski definition) is 4. The van der Waals surface area contributed by atoms with E-state index in [1.54, 1.807) is 24.3 Å². The van der Waals surface area contributed by atoms with Gasteiger partial charge in [0.1, 0.15) is 5.75 Å². The zero-order chi connectivity index (χ0) is 26.6. The summed E-state index contributed by atoms with van der Waals surface area (Å²) in [4.78, 5) is 9.71. The van der Waals surface area contributed by atoms with Crippen molar-refractivity contribution in [3.63, 3.8) is 0 Å². The van der Waals surface area contributed by atoms with Gasteiger partial charge in [-0.05, 0) is 25.0 Å². The lowest BCUT2D eigenvalue weighted by molar-refractivity contribution is 0.145. The van der Waals surface area contributed by atoms with E-state index in [0.717, 1.165) is 25.7 Å². The molecular formula is C30H57O5P. The summed E-state index contributed by atoms with van der Waals surface area (Å²) < 4.78 is 22.0. The van der Waals surface area contributed by atoms with Crippen LogP contribution in [0.1, 0.15) is 142 Å². The average Bonchev–Trinajstić information content (AvgIpc) is 2.86. The van der Waals surface area contributed by atoms with Crippen LogP contribution in [0.2, 0.25) is 0 Å². The number of phenols is 1. The van der Waals surface area contributed by atoms with E-state index < -0.39 is 7.82 Å². The van der Waals surface area contributed by atoms with E-state index in [1.165, 1.54) is 103 Å². The van der Waals surface area contributed by atoms with Crippen LogP contribution in [-0.2, 0) is 13.6 Å². The summed E-state index contributed by atoms with van der Waals surface area (Å²) in [6.07, 6.45) is 24.8. The molecule has 0 aromatic heterocycles. The summed E-state index contributed by atoms with van der Waals surface area (Å²) in [5, 5.41) is 8.63. The molecule has 6 heteroatoms. The van der Waals surface area contributed by atoms with Crippen molar-refractivity contribution in [2.45, 2.75) is 142 Å². The van der Waals surface area contributed by atoms with Crippen molar-refractivity contribution in [3.05, 3.63) is 30.3 Å². The van der Waals surface area contributed by atoms with Crippen molar-refractivity contribution in [2.75, 3.05) is 13.2 Å². The van der Waals surface area contributed by atoms with Gasteiger partial charge in [0.2, 0.25) is 0 Å². The zero-order valence-electron chi connectivity index (χ0n) is 23.5. The molecule has 0 heterocycles. The fourth-order valence-electron chi connectivity index (χ4n) is 4.00. The highest BCUT2D eigenvalue weighted by Crippen LogP contribution is 2.43. The maximum Gasteiger partial charge on any atom is 0.472 e. The number of phosphoric ester groups is 1. The van der Waals surface area contributed by atoms with Crippen LogP contribution in [0.5, 0.6) is 5.75 Å². The van der Waals surface area contributed by atoms with Gasteiger partial charge in [-0.2, -0.15) is 0 Å². The maximum atomic E-state index is 11.8. The number of benzene rings is 1. The van der Waals surface area contributed by atoms with Crippen LogP contribution in [-0.4, -0.2) is 23.2 Å². The Hall–Kier alpha value is -0.870. The van der Waals surface area contributed by atoms with Gasteiger partial charge in [0.25, 0.3) is 0 Å². The smallest absolute Gasteiger partial charge is 0.472 e. The molecule has 0 atom stereocenters. The van der Waals surface area contributed by atoms with Crippen LogP contribution in [0.15, 0.2) is 30.3 Å². The highest BCUT2D eigenvalue weighted by atomic mass is 31.2. The highest BCUT2D eigenvalue weighted by Gasteiger charge is 2.19. The first-order valence-corrected chi connectivity index (χ1v) is 16.4. The van der Waals surface area contributed by atoms with Gasteiger partial charge in [-0.3, -0.25) is 9.05 Å². The van der Waals surface area contributed by atoms with Crippen LogP contribution >= 0.6 is 7.82 Å². The topological polar surface area (TPSA) is 76.0 Å². The third kappa shape index (κ3) is 27.7. The molecule has 2 N–H and O–H groups in total. The van der Waals surface area contributed by atoms with E-state index in [9.17, 15) is 9.46 Å². The van der Waals surface area contributed by atoms with Gasteiger partial charge in [0.05, 0.1) is 13.2 Å². The standard InChI is InChI=1S/C24H51O4P.C6H6O/c1-3-5-7-9-11-13-15-17-19-21-23-27-29(25,26)28-24-22-20-18-16-14-12-10-8-6-4-2;7-6-4-2-1-3-5-6/h3-24H2,1-2H3,(H,25,26);1-5,7H. The Morgan fingerprint density at radius 1 is 0.556 bits per heavy atom. The Bertz CT molecular complexity index is 566. The Morgan fingerprint density at radius 2 is 0.861 bits per heavy atom. The van der Waals surface area contributed by atoms with Crippen molar-refractivity contribution in [1.29, 1.82) is 0 Å². The van der Waals surface area contributed by atoms with Crippen molar-refractivity contribution < 1.29 is 23.6 Å². The first-order chi connectivity index (χ1) is 17.5. The highest BCUT2D eigenvalue weighted by molar-refractivity contribution is 7.47. The second-order valence-electron chi connectivity index (χ2n) is 9.83. The molecule has 5 nitrogen and oxygen atoms in total. The number of unbranched alkanes of at least 4 members (excludes halogenated alkanes) is 18. The fourth-order valence-corrected chi connectivity index (χ4v) is 4.80. The Labute approximate surface area is 223 Å². The van der Waals surface area contributed by atoms with Gasteiger partial charge >= 0.3 is 7.82 Å². The van der Waals surface area contributed by atoms with Crippen molar-refractivity contribution in [3.8, 4) is 5.75 Å². The minimum absolute atomic E-state index is 0.322. The molecule has 0 saturated carbocycles. The van der Waals surface area contributed by atoms with Gasteiger partial charge < -0.3 is 10.00 Å². The van der Waals surface area contributed by atoms with E-state index in [4.69, 9.17) is 14.2 Å². The number of aromatic hydroxyl groups is 1. The molecule has 0 amide bonds. The van der Waals surface area contributed by atoms with E-state index in [1.807, 2.05) is 6.07 Å². The van der Waals surface area contributed by atoms with Gasteiger partial charge in [-0.1, -0.05) is 148 Å². The van der Waals surface area contributed by atoms with Crippen LogP contribution in [0, 0.1) is 0 Å². The van der Waals surface area contributed by atoms with E-state index in [2.05, 4.69) is 13.8 Å². The van der Waals surface area contributed by atoms with Crippen LogP contribution < -0.4 is 0 Å². The SMILES string of the molecule is CCCCCCCCCCCCOP(=O)(O)OCCCCCCCCCCCC.Oc1ccccc1. The number of phenolic OH excluding ortho intramolecular Hbond substituents is 1. The Kier molecular flexibility index (Phi) is 26.5. The molecule has 36 heavy (non-hydrogen) atoms. The molecule has 0 bridgehead atoms. The van der Waals surface area contributed by atoms with E-state index in [-0.39, 0.29) is 0 Å². The molecule has 1 aromatic carbocycles. The number of hydrogen-bond donors (Lipinski definition) is 2. The molecule has 0 unspecified atom stereocenters. The van der Waals surface area contributed by atoms with Crippen molar-refractivity contribution in [2.24, 2.45) is 0 Å². The molecule has 0 aliphatic heterocycles. The van der Waals surface area contributed by atoms with Crippen LogP contribution in [0.3, 0.4) is 0 Å². The van der Waals surface area contributed by atoms with Gasteiger partial charge in [0.15, 0.2) is 0 Å². The molecule has 0 aliphatic carbocycles. The second kappa shape index (κ2) is 27.2. The molecule has 212 valence electrons. The fraction of sp³-hybridized carbons (Fsp3) is 0.800. The lowest BCUT2D eigenvalue weighted by Crippen LogP contribution is -1.99. The predicted molar refractivity (Wildman–Crippen MR) is 154 cm³/mol. The van der Waals surface area contributed by atoms with Crippen LogP contribution in [0.25, 0.3) is 0 Å². The van der Waals surface area contributed by atoms with Gasteiger partial charge in [-0.25, -0.2) is 4.57 Å². The minimum Gasteiger partial charge on any atom is -0.508 e. The molecule has 0 spiro atoms. The van der Waals surface area contributed by atoms with Crippen LogP contribution in [0.4, 0.5) is 0 Å². The normalized spacial score (nSPS) is 11.3. The summed E-state index contributed by atoms with van der Waals surface area (Å²) >= 11 is 0. The van der Waals surface area contributed by atoms with Crippen molar-refractivity contribution >= 4 is 7.82 Å². The quantitative estimate of drug-likeness (QED) is 0.103. The molecule has 0 aliphatic rings. The average molecular weight is 529 g/mol. The van der Waals surface area contributed by atoms with E-state index >= 15 is 0 Å². The van der Waals surface area contributed by atoms with E-state index in [0.29, 0.717) is 19.0 Å². The largest absolute Gasteiger partial charge is 0.508 e. The Morgan fingerprint density at radius 3 is 1.14 bits per heavy atom. The summed E-state index contributed by atoms with van der Waals surface area (Å²) in [6, 6.07) is 8.71.